The molecule has 0 saturated carbocycles. The van der Waals surface area contributed by atoms with Crippen LogP contribution in [0.5, 0.6) is 0 Å². The highest BCUT2D eigenvalue weighted by atomic mass is 16.5. The first-order valence-electron chi connectivity index (χ1n) is 18.7. The first-order chi connectivity index (χ1) is 24.3. The van der Waals surface area contributed by atoms with Crippen LogP contribution in [0.3, 0.4) is 0 Å². The number of esters is 1. The van der Waals surface area contributed by atoms with E-state index in [0.717, 1.165) is 56.2 Å². The SMILES string of the molecule is CC.CC.CCOC(=O)C1=C(C)CC(=C=C2CC(C)=C(C)C2)C1.C[N+]1=C(CC2=[N+](Cc3ccccc3)c3ccccc3C2)Cc2ccccc21. The van der Waals surface area contributed by atoms with E-state index in [1.165, 1.54) is 61.8 Å². The summed E-state index contributed by atoms with van der Waals surface area (Å²) in [4.78, 5) is 11.8. The van der Waals surface area contributed by atoms with Gasteiger partial charge in [-0.1, -0.05) is 111 Å². The maximum absolute atomic E-state index is 11.8. The number of carbonyl (C=O) groups is 1. The van der Waals surface area contributed by atoms with E-state index in [9.17, 15) is 4.79 Å². The third-order valence-electron chi connectivity index (χ3n) is 9.82. The van der Waals surface area contributed by atoms with E-state index in [1.54, 1.807) is 0 Å². The fourth-order valence-corrected chi connectivity index (χ4v) is 7.19. The molecular weight excluding hydrogens is 613 g/mol. The zero-order chi connectivity index (χ0) is 36.2. The van der Waals surface area contributed by atoms with Crippen molar-refractivity contribution in [1.29, 1.82) is 0 Å². The van der Waals surface area contributed by atoms with Crippen molar-refractivity contribution in [1.82, 2.24) is 0 Å². The largest absolute Gasteiger partial charge is 0.463 e. The second-order valence-electron chi connectivity index (χ2n) is 13.1. The van der Waals surface area contributed by atoms with Crippen molar-refractivity contribution in [2.75, 3.05) is 13.7 Å². The smallest absolute Gasteiger partial charge is 0.334 e. The summed E-state index contributed by atoms with van der Waals surface area (Å²) in [5.74, 6) is -0.154. The van der Waals surface area contributed by atoms with Crippen molar-refractivity contribution in [3.63, 3.8) is 0 Å². The molecular formula is C46H58N2O2+2. The number of carbonyl (C=O) groups excluding carboxylic acids is 1. The predicted octanol–water partition coefficient (Wildman–Crippen LogP) is 11.2. The molecule has 4 nitrogen and oxygen atoms in total. The van der Waals surface area contributed by atoms with Crippen molar-refractivity contribution < 1.29 is 18.7 Å². The minimum atomic E-state index is -0.154. The molecule has 3 aromatic rings. The van der Waals surface area contributed by atoms with Crippen LogP contribution in [-0.2, 0) is 28.9 Å². The second kappa shape index (κ2) is 18.5. The van der Waals surface area contributed by atoms with E-state index in [4.69, 9.17) is 4.74 Å². The Labute approximate surface area is 301 Å². The molecule has 0 radical (unpaired) electrons. The minimum Gasteiger partial charge on any atom is -0.463 e. The van der Waals surface area contributed by atoms with Gasteiger partial charge in [-0.3, -0.25) is 0 Å². The number of hydrogen-bond donors (Lipinski definition) is 0. The van der Waals surface area contributed by atoms with Crippen molar-refractivity contribution in [2.24, 2.45) is 0 Å². The Morgan fingerprint density at radius 1 is 0.660 bits per heavy atom. The summed E-state index contributed by atoms with van der Waals surface area (Å²) >= 11 is 0. The van der Waals surface area contributed by atoms with Crippen LogP contribution >= 0.6 is 0 Å². The molecule has 4 aliphatic rings. The molecule has 2 aliphatic heterocycles. The topological polar surface area (TPSA) is 32.3 Å². The minimum absolute atomic E-state index is 0.154. The van der Waals surface area contributed by atoms with Gasteiger partial charge < -0.3 is 4.74 Å². The zero-order valence-electron chi connectivity index (χ0n) is 32.1. The molecule has 0 N–H and O–H groups in total. The molecule has 0 amide bonds. The molecule has 3 aromatic carbocycles. The van der Waals surface area contributed by atoms with Crippen LogP contribution in [0.2, 0.25) is 0 Å². The lowest BCUT2D eigenvalue weighted by molar-refractivity contribution is -0.456. The number of rotatable bonds is 6. The number of para-hydroxylation sites is 2. The van der Waals surface area contributed by atoms with E-state index in [1.807, 2.05) is 41.5 Å². The van der Waals surface area contributed by atoms with Crippen LogP contribution in [-0.4, -0.2) is 40.2 Å². The number of fused-ring (bicyclic) bond motifs is 2. The molecule has 0 spiro atoms. The van der Waals surface area contributed by atoms with Crippen molar-refractivity contribution >= 4 is 28.8 Å². The molecule has 2 heterocycles. The summed E-state index contributed by atoms with van der Waals surface area (Å²) in [5.41, 5.74) is 21.0. The normalized spacial score (nSPS) is 15.9. The van der Waals surface area contributed by atoms with Gasteiger partial charge in [0.2, 0.25) is 11.4 Å². The highest BCUT2D eigenvalue weighted by Gasteiger charge is 2.35. The van der Waals surface area contributed by atoms with Crippen molar-refractivity contribution in [2.45, 2.75) is 107 Å². The third kappa shape index (κ3) is 9.17. The van der Waals surface area contributed by atoms with Gasteiger partial charge >= 0.3 is 5.97 Å². The second-order valence-corrected chi connectivity index (χ2v) is 13.1. The van der Waals surface area contributed by atoms with Crippen LogP contribution in [0.15, 0.2) is 118 Å². The van der Waals surface area contributed by atoms with Gasteiger partial charge in [-0.25, -0.2) is 9.37 Å². The highest BCUT2D eigenvalue weighted by Crippen LogP contribution is 2.35. The molecule has 0 aromatic heterocycles. The number of benzene rings is 3. The molecule has 50 heavy (non-hydrogen) atoms. The van der Waals surface area contributed by atoms with E-state index in [-0.39, 0.29) is 5.97 Å². The fraction of sp³-hybridized carbons (Fsp3) is 0.391. The number of allylic oxidation sites excluding steroid dienone is 4. The maximum atomic E-state index is 11.8. The molecule has 7 rings (SSSR count). The average molecular weight is 671 g/mol. The number of ether oxygens (including phenoxy) is 1. The standard InChI is InChI=1S/C25H24N2.C17H22O2.2C2H6/c1-26-22(15-20-11-5-7-13-24(20)26)17-23-16-21-12-6-8-14-25(21)27(23)18-19-9-3-2-4-10-19;1-5-19-17(18)16-10-15(8-13(16)4)9-14-6-11(2)12(3)7-14;2*1-2/h2-14H,15-18H2,1H3;5-8,10H2,1-4H3;2*1-2H3/q+2;;;. The van der Waals surface area contributed by atoms with Crippen molar-refractivity contribution in [3.05, 3.63) is 135 Å². The van der Waals surface area contributed by atoms with Gasteiger partial charge in [-0.05, 0) is 58.1 Å². The summed E-state index contributed by atoms with van der Waals surface area (Å²) in [6.45, 7) is 17.6. The van der Waals surface area contributed by atoms with Gasteiger partial charge in [0.15, 0.2) is 18.0 Å². The highest BCUT2D eigenvalue weighted by molar-refractivity contribution is 6.05. The van der Waals surface area contributed by atoms with Gasteiger partial charge in [0.1, 0.15) is 13.5 Å². The van der Waals surface area contributed by atoms with Crippen LogP contribution in [0.1, 0.15) is 104 Å². The lowest BCUT2D eigenvalue weighted by Gasteiger charge is -2.04. The Morgan fingerprint density at radius 3 is 1.80 bits per heavy atom. The zero-order valence-corrected chi connectivity index (χ0v) is 32.1. The maximum Gasteiger partial charge on any atom is 0.334 e. The molecule has 0 saturated heterocycles. The summed E-state index contributed by atoms with van der Waals surface area (Å²) in [5, 5.41) is 0. The molecule has 2 aliphatic carbocycles. The van der Waals surface area contributed by atoms with E-state index in [0.29, 0.717) is 13.0 Å². The van der Waals surface area contributed by atoms with Crippen molar-refractivity contribution in [3.8, 4) is 0 Å². The molecule has 0 unspecified atom stereocenters. The third-order valence-corrected chi connectivity index (χ3v) is 9.82. The summed E-state index contributed by atoms with van der Waals surface area (Å²) in [6.07, 6.45) is 6.82. The first kappa shape index (κ1) is 38.3. The van der Waals surface area contributed by atoms with Gasteiger partial charge in [0, 0.05) is 40.8 Å². The lowest BCUT2D eigenvalue weighted by atomic mass is 10.0. The van der Waals surface area contributed by atoms with Crippen LogP contribution in [0.25, 0.3) is 0 Å². The van der Waals surface area contributed by atoms with Gasteiger partial charge in [0.05, 0.1) is 19.4 Å². The van der Waals surface area contributed by atoms with Gasteiger partial charge in [-0.2, -0.15) is 4.58 Å². The molecule has 0 atom stereocenters. The monoisotopic (exact) mass is 670 g/mol. The molecule has 0 bridgehead atoms. The Balaban J connectivity index is 0.000000216. The summed E-state index contributed by atoms with van der Waals surface area (Å²) in [6, 6.07) is 28.4. The summed E-state index contributed by atoms with van der Waals surface area (Å²) < 4.78 is 10.0. The lowest BCUT2D eigenvalue weighted by Crippen LogP contribution is -2.20. The Hall–Kier alpha value is -4.53. The number of nitrogens with zero attached hydrogens (tertiary/aromatic N) is 2. The Morgan fingerprint density at radius 2 is 1.18 bits per heavy atom. The van der Waals surface area contributed by atoms with E-state index < -0.39 is 0 Å². The molecule has 262 valence electrons. The van der Waals surface area contributed by atoms with Crippen LogP contribution in [0, 0.1) is 0 Å². The van der Waals surface area contributed by atoms with E-state index >= 15 is 0 Å². The quantitative estimate of drug-likeness (QED) is 0.113. The fourth-order valence-electron chi connectivity index (χ4n) is 7.19. The van der Waals surface area contributed by atoms with Crippen LogP contribution in [0.4, 0.5) is 11.4 Å². The van der Waals surface area contributed by atoms with Gasteiger partial charge in [-0.15, -0.1) is 5.73 Å². The van der Waals surface area contributed by atoms with Crippen LogP contribution < -0.4 is 0 Å². The van der Waals surface area contributed by atoms with Gasteiger partial charge in [0.25, 0.3) is 0 Å². The first-order valence-corrected chi connectivity index (χ1v) is 18.7. The Bertz CT molecular complexity index is 1860. The Kier molecular flexibility index (Phi) is 14.1. The van der Waals surface area contributed by atoms with E-state index in [2.05, 4.69) is 115 Å². The summed E-state index contributed by atoms with van der Waals surface area (Å²) in [7, 11) is 2.21. The predicted molar refractivity (Wildman–Crippen MR) is 210 cm³/mol. The number of hydrogen-bond acceptors (Lipinski definition) is 2. The molecule has 0 fully saturated rings. The average Bonchev–Trinajstić information content (AvgIpc) is 3.87. The molecule has 4 heteroatoms.